The number of primary amides is 1. The van der Waals surface area contributed by atoms with E-state index in [-0.39, 0.29) is 5.91 Å². The Hall–Kier alpha value is -1.21. The summed E-state index contributed by atoms with van der Waals surface area (Å²) in [5.41, 5.74) is 5.37. The minimum absolute atomic E-state index is 0.341. The Balaban J connectivity index is 1.81. The molecule has 17 heavy (non-hydrogen) atoms. The summed E-state index contributed by atoms with van der Waals surface area (Å²) in [6, 6.07) is -0.413. The molecule has 0 radical (unpaired) electrons. The van der Waals surface area contributed by atoms with E-state index in [1.54, 1.807) is 0 Å². The summed E-state index contributed by atoms with van der Waals surface area (Å²) in [6.07, 6.45) is 2.36. The van der Waals surface area contributed by atoms with Gasteiger partial charge in [-0.3, -0.25) is 4.79 Å². The van der Waals surface area contributed by atoms with E-state index in [9.17, 15) is 4.79 Å². The van der Waals surface area contributed by atoms with Gasteiger partial charge in [0, 0.05) is 24.0 Å². The molecule has 1 saturated carbocycles. The average Bonchev–Trinajstić information content (AvgIpc) is 3.07. The summed E-state index contributed by atoms with van der Waals surface area (Å²) >= 11 is 1.35. The molecule has 7 heteroatoms. The third-order valence-electron chi connectivity index (χ3n) is 3.08. The molecule has 0 aromatic carbocycles. The molecule has 1 saturated heterocycles. The first kappa shape index (κ1) is 10.9. The average molecular weight is 254 g/mol. The minimum atomic E-state index is -0.413. The van der Waals surface area contributed by atoms with Crippen LogP contribution in [0.15, 0.2) is 0 Å². The highest BCUT2D eigenvalue weighted by atomic mass is 32.1. The third-order valence-corrected chi connectivity index (χ3v) is 3.84. The van der Waals surface area contributed by atoms with Crippen LogP contribution in [0.25, 0.3) is 0 Å². The predicted molar refractivity (Wildman–Crippen MR) is 63.0 cm³/mol. The van der Waals surface area contributed by atoms with Crippen LogP contribution in [0.5, 0.6) is 0 Å². The molecule has 1 aromatic rings. The van der Waals surface area contributed by atoms with Crippen LogP contribution in [-0.2, 0) is 9.53 Å². The van der Waals surface area contributed by atoms with Crippen LogP contribution in [-0.4, -0.2) is 41.1 Å². The first-order valence-electron chi connectivity index (χ1n) is 5.73. The van der Waals surface area contributed by atoms with Crippen molar-refractivity contribution in [1.82, 2.24) is 9.36 Å². The van der Waals surface area contributed by atoms with Crippen molar-refractivity contribution in [2.24, 2.45) is 5.73 Å². The molecule has 2 N–H and O–H groups in total. The zero-order chi connectivity index (χ0) is 11.8. The second kappa shape index (κ2) is 4.23. The monoisotopic (exact) mass is 254 g/mol. The summed E-state index contributed by atoms with van der Waals surface area (Å²) in [7, 11) is 0. The Morgan fingerprint density at radius 1 is 1.53 bits per heavy atom. The Morgan fingerprint density at radius 3 is 3.06 bits per heavy atom. The van der Waals surface area contributed by atoms with E-state index in [0.717, 1.165) is 11.0 Å². The molecule has 2 heterocycles. The Bertz CT molecular complexity index is 432. The Labute approximate surface area is 103 Å². The number of nitrogens with two attached hydrogens (primary N) is 1. The van der Waals surface area contributed by atoms with Gasteiger partial charge in [-0.2, -0.15) is 4.37 Å². The molecule has 1 atom stereocenters. The summed E-state index contributed by atoms with van der Waals surface area (Å²) in [5, 5.41) is 0.791. The van der Waals surface area contributed by atoms with Crippen LogP contribution in [0.2, 0.25) is 0 Å². The van der Waals surface area contributed by atoms with Gasteiger partial charge < -0.3 is 15.4 Å². The maximum absolute atomic E-state index is 11.3. The summed E-state index contributed by atoms with van der Waals surface area (Å²) < 4.78 is 9.62. The van der Waals surface area contributed by atoms with Crippen molar-refractivity contribution in [1.29, 1.82) is 0 Å². The minimum Gasteiger partial charge on any atom is -0.377 e. The molecule has 1 unspecified atom stereocenters. The van der Waals surface area contributed by atoms with Gasteiger partial charge in [0.2, 0.25) is 11.0 Å². The molecule has 0 bridgehead atoms. The van der Waals surface area contributed by atoms with E-state index in [0.29, 0.717) is 25.7 Å². The van der Waals surface area contributed by atoms with Gasteiger partial charge in [0.15, 0.2) is 0 Å². The van der Waals surface area contributed by atoms with E-state index < -0.39 is 6.04 Å². The van der Waals surface area contributed by atoms with Gasteiger partial charge >= 0.3 is 0 Å². The lowest BCUT2D eigenvalue weighted by Gasteiger charge is -2.32. The van der Waals surface area contributed by atoms with E-state index >= 15 is 0 Å². The number of morpholine rings is 1. The predicted octanol–water partition coefficient (Wildman–Crippen LogP) is 0.106. The number of ether oxygens (including phenoxy) is 1. The summed E-state index contributed by atoms with van der Waals surface area (Å²) in [6.45, 7) is 1.59. The maximum Gasteiger partial charge on any atom is 0.242 e. The molecular weight excluding hydrogens is 240 g/mol. The van der Waals surface area contributed by atoms with Gasteiger partial charge in [-0.05, 0) is 12.8 Å². The molecular formula is C10H14N4O2S. The van der Waals surface area contributed by atoms with Gasteiger partial charge in [0.25, 0.3) is 0 Å². The quantitative estimate of drug-likeness (QED) is 0.827. The fraction of sp³-hybridized carbons (Fsp3) is 0.700. The van der Waals surface area contributed by atoms with Crippen molar-refractivity contribution in [3.63, 3.8) is 0 Å². The van der Waals surface area contributed by atoms with Crippen molar-refractivity contribution >= 4 is 22.6 Å². The second-order valence-corrected chi connectivity index (χ2v) is 5.13. The third kappa shape index (κ3) is 2.12. The molecule has 2 fully saturated rings. The van der Waals surface area contributed by atoms with Crippen molar-refractivity contribution in [3.05, 3.63) is 5.82 Å². The van der Waals surface area contributed by atoms with Gasteiger partial charge in [-0.15, -0.1) is 0 Å². The number of amides is 1. The largest absolute Gasteiger partial charge is 0.377 e. The van der Waals surface area contributed by atoms with Crippen LogP contribution in [0.3, 0.4) is 0 Å². The van der Waals surface area contributed by atoms with Crippen LogP contribution >= 0.6 is 11.5 Å². The highest BCUT2D eigenvalue weighted by molar-refractivity contribution is 7.09. The summed E-state index contributed by atoms with van der Waals surface area (Å²) in [4.78, 5) is 17.8. The van der Waals surface area contributed by atoms with E-state index in [1.165, 1.54) is 24.4 Å². The van der Waals surface area contributed by atoms with E-state index in [2.05, 4.69) is 9.36 Å². The SMILES string of the molecule is NC(=O)C1COCCN1c1nc(C2CC2)ns1. The van der Waals surface area contributed by atoms with E-state index in [1.807, 2.05) is 4.90 Å². The number of rotatable bonds is 3. The maximum atomic E-state index is 11.3. The highest BCUT2D eigenvalue weighted by Gasteiger charge is 2.33. The molecule has 0 spiro atoms. The number of carbonyl (C=O) groups excluding carboxylic acids is 1. The van der Waals surface area contributed by atoms with Gasteiger partial charge in [-0.25, -0.2) is 4.98 Å². The van der Waals surface area contributed by atoms with Crippen LogP contribution in [0.4, 0.5) is 5.13 Å². The zero-order valence-corrected chi connectivity index (χ0v) is 10.2. The normalized spacial score (nSPS) is 24.9. The lowest BCUT2D eigenvalue weighted by molar-refractivity contribution is -0.121. The number of hydrogen-bond donors (Lipinski definition) is 1. The van der Waals surface area contributed by atoms with Crippen molar-refractivity contribution in [2.45, 2.75) is 24.8 Å². The van der Waals surface area contributed by atoms with Gasteiger partial charge in [0.1, 0.15) is 11.9 Å². The smallest absolute Gasteiger partial charge is 0.242 e. The van der Waals surface area contributed by atoms with Crippen molar-refractivity contribution in [3.8, 4) is 0 Å². The molecule has 1 aliphatic carbocycles. The van der Waals surface area contributed by atoms with Crippen molar-refractivity contribution < 1.29 is 9.53 Å². The lowest BCUT2D eigenvalue weighted by atomic mass is 10.2. The number of carbonyl (C=O) groups is 1. The molecule has 92 valence electrons. The summed E-state index contributed by atoms with van der Waals surface area (Å²) in [5.74, 6) is 1.08. The van der Waals surface area contributed by atoms with Crippen LogP contribution < -0.4 is 10.6 Å². The van der Waals surface area contributed by atoms with Crippen LogP contribution in [0.1, 0.15) is 24.6 Å². The zero-order valence-electron chi connectivity index (χ0n) is 9.33. The number of nitrogens with zero attached hydrogens (tertiary/aromatic N) is 3. The van der Waals surface area contributed by atoms with Gasteiger partial charge in [-0.1, -0.05) is 0 Å². The number of aromatic nitrogens is 2. The number of anilines is 1. The fourth-order valence-electron chi connectivity index (χ4n) is 1.92. The molecule has 1 aromatic heterocycles. The molecule has 6 nitrogen and oxygen atoms in total. The molecule has 3 rings (SSSR count). The van der Waals surface area contributed by atoms with Crippen LogP contribution in [0, 0.1) is 0 Å². The molecule has 2 aliphatic rings. The highest BCUT2D eigenvalue weighted by Crippen LogP contribution is 2.40. The second-order valence-electron chi connectivity index (χ2n) is 4.40. The molecule has 1 aliphatic heterocycles. The topological polar surface area (TPSA) is 81.3 Å². The fourth-order valence-corrected chi connectivity index (χ4v) is 2.74. The number of hydrogen-bond acceptors (Lipinski definition) is 6. The van der Waals surface area contributed by atoms with E-state index in [4.69, 9.17) is 10.5 Å². The Kier molecular flexibility index (Phi) is 2.71. The lowest BCUT2D eigenvalue weighted by Crippen LogP contribution is -2.52. The molecule has 1 amide bonds. The van der Waals surface area contributed by atoms with Gasteiger partial charge in [0.05, 0.1) is 13.2 Å². The first-order chi connectivity index (χ1) is 8.25. The Morgan fingerprint density at radius 2 is 2.35 bits per heavy atom. The standard InChI is InChI=1S/C10H14N4O2S/c11-8(15)7-5-16-4-3-14(7)10-12-9(13-17-10)6-1-2-6/h6-7H,1-5H2,(H2,11,15). The van der Waals surface area contributed by atoms with Crippen molar-refractivity contribution in [2.75, 3.05) is 24.7 Å². The first-order valence-corrected chi connectivity index (χ1v) is 6.50.